The van der Waals surface area contributed by atoms with E-state index in [0.717, 1.165) is 17.6 Å². The normalized spacial score (nSPS) is 11.4. The third kappa shape index (κ3) is 2.81. The third-order valence-electron chi connectivity index (χ3n) is 5.00. The number of hydrogen-bond acceptors (Lipinski definition) is 3. The molecule has 0 atom stereocenters. The second kappa shape index (κ2) is 6.77. The summed E-state index contributed by atoms with van der Waals surface area (Å²) < 4.78 is 31.2. The van der Waals surface area contributed by atoms with Crippen LogP contribution in [0.5, 0.6) is 0 Å². The zero-order valence-corrected chi connectivity index (χ0v) is 15.5. The highest BCUT2D eigenvalue weighted by atomic mass is 19.1. The van der Waals surface area contributed by atoms with E-state index in [4.69, 9.17) is 0 Å². The van der Waals surface area contributed by atoms with E-state index in [9.17, 15) is 18.4 Å². The van der Waals surface area contributed by atoms with Crippen molar-refractivity contribution in [2.24, 2.45) is 0 Å². The number of carbonyl (C=O) groups is 1. The molecule has 4 aromatic heterocycles. The Morgan fingerprint density at radius 3 is 2.60 bits per heavy atom. The first-order chi connectivity index (χ1) is 14.5. The molecule has 0 aliphatic rings. The van der Waals surface area contributed by atoms with Gasteiger partial charge in [-0.3, -0.25) is 9.59 Å². The van der Waals surface area contributed by atoms with Crippen LogP contribution in [0.3, 0.4) is 0 Å². The number of nitrogens with one attached hydrogen (secondary N) is 1. The van der Waals surface area contributed by atoms with E-state index in [0.29, 0.717) is 11.1 Å². The number of aromatic amines is 1. The number of H-pyrrole nitrogens is 1. The van der Waals surface area contributed by atoms with Gasteiger partial charge < -0.3 is 9.55 Å². The fraction of sp³-hybridized carbons (Fsp3) is 0.0455. The molecule has 1 N–H and O–H groups in total. The number of nitrogens with zero attached hydrogens (tertiary/aromatic N) is 3. The molecule has 0 aliphatic heterocycles. The number of benzene rings is 1. The molecule has 148 valence electrons. The smallest absolute Gasteiger partial charge is 0.275 e. The van der Waals surface area contributed by atoms with Crippen LogP contribution >= 0.6 is 0 Å². The fourth-order valence-electron chi connectivity index (χ4n) is 3.57. The summed E-state index contributed by atoms with van der Waals surface area (Å²) >= 11 is 0. The molecular weight excluding hydrogens is 390 g/mol. The number of rotatable bonds is 4. The maximum Gasteiger partial charge on any atom is 0.275 e. The summed E-state index contributed by atoms with van der Waals surface area (Å²) in [5.74, 6) is -2.72. The standard InChI is InChI=1S/C22H14F2N4O2/c23-17-5-3-6-18(24)19(17)21(29)16-11-25-20-15(16)7-9-27(22(20)30)12-13-10-14-4-1-2-8-28(14)26-13/h1-11,25H,12H2. The van der Waals surface area contributed by atoms with Crippen molar-refractivity contribution in [1.29, 1.82) is 0 Å². The first kappa shape index (κ1) is 18.0. The first-order valence-corrected chi connectivity index (χ1v) is 9.15. The minimum absolute atomic E-state index is 0.0333. The molecule has 5 rings (SSSR count). The van der Waals surface area contributed by atoms with Gasteiger partial charge in [0.2, 0.25) is 5.78 Å². The number of ketones is 1. The van der Waals surface area contributed by atoms with E-state index in [-0.39, 0.29) is 23.2 Å². The fourth-order valence-corrected chi connectivity index (χ4v) is 3.57. The van der Waals surface area contributed by atoms with Gasteiger partial charge in [-0.05, 0) is 36.4 Å². The Kier molecular flexibility index (Phi) is 4.06. The molecule has 0 fully saturated rings. The van der Waals surface area contributed by atoms with E-state index < -0.39 is 23.0 Å². The van der Waals surface area contributed by atoms with Crippen molar-refractivity contribution >= 4 is 22.2 Å². The summed E-state index contributed by atoms with van der Waals surface area (Å²) in [5, 5.41) is 4.74. The third-order valence-corrected chi connectivity index (χ3v) is 5.00. The molecule has 6 nitrogen and oxygen atoms in total. The second-order valence-electron chi connectivity index (χ2n) is 6.87. The van der Waals surface area contributed by atoms with E-state index in [1.807, 2.05) is 30.5 Å². The summed E-state index contributed by atoms with van der Waals surface area (Å²) in [7, 11) is 0. The van der Waals surface area contributed by atoms with Crippen molar-refractivity contribution in [1.82, 2.24) is 19.2 Å². The first-order valence-electron chi connectivity index (χ1n) is 9.15. The molecule has 0 bridgehead atoms. The number of carbonyl (C=O) groups excluding carboxylic acids is 1. The molecule has 5 aromatic rings. The minimum atomic E-state index is -0.949. The number of halogens is 2. The highest BCUT2D eigenvalue weighted by Gasteiger charge is 2.22. The summed E-state index contributed by atoms with van der Waals surface area (Å²) in [5.41, 5.74) is 0.803. The van der Waals surface area contributed by atoms with Gasteiger partial charge in [0.25, 0.3) is 5.56 Å². The van der Waals surface area contributed by atoms with E-state index in [2.05, 4.69) is 10.1 Å². The predicted octanol–water partition coefficient (Wildman–Crippen LogP) is 3.53. The maximum absolute atomic E-state index is 14.0. The van der Waals surface area contributed by atoms with Crippen LogP contribution in [0.4, 0.5) is 8.78 Å². The topological polar surface area (TPSA) is 72.2 Å². The zero-order chi connectivity index (χ0) is 20.8. The molecule has 0 radical (unpaired) electrons. The van der Waals surface area contributed by atoms with Crippen LogP contribution in [0.25, 0.3) is 16.4 Å². The number of fused-ring (bicyclic) bond motifs is 2. The molecule has 30 heavy (non-hydrogen) atoms. The Hall–Kier alpha value is -4.07. The monoisotopic (exact) mass is 404 g/mol. The Morgan fingerprint density at radius 2 is 1.83 bits per heavy atom. The van der Waals surface area contributed by atoms with Gasteiger partial charge in [0.1, 0.15) is 17.2 Å². The van der Waals surface area contributed by atoms with Crippen molar-refractivity contribution in [3.63, 3.8) is 0 Å². The van der Waals surface area contributed by atoms with Gasteiger partial charge >= 0.3 is 0 Å². The molecule has 0 spiro atoms. The van der Waals surface area contributed by atoms with Gasteiger partial charge in [-0.1, -0.05) is 12.1 Å². The zero-order valence-electron chi connectivity index (χ0n) is 15.5. The summed E-state index contributed by atoms with van der Waals surface area (Å²) in [6.45, 7) is 0.237. The Balaban J connectivity index is 1.55. The lowest BCUT2D eigenvalue weighted by Gasteiger charge is -2.05. The van der Waals surface area contributed by atoms with Crippen molar-refractivity contribution < 1.29 is 13.6 Å². The van der Waals surface area contributed by atoms with Crippen LogP contribution in [-0.2, 0) is 6.54 Å². The summed E-state index contributed by atoms with van der Waals surface area (Å²) in [6.07, 6.45) is 4.65. The Morgan fingerprint density at radius 1 is 1.03 bits per heavy atom. The van der Waals surface area contributed by atoms with Gasteiger partial charge in [-0.2, -0.15) is 5.10 Å². The SMILES string of the molecule is O=C(c1c(F)cccc1F)c1c[nH]c2c(=O)n(Cc3cc4ccccn4n3)ccc12. The average molecular weight is 404 g/mol. The van der Waals surface area contributed by atoms with Crippen molar-refractivity contribution in [3.05, 3.63) is 106 Å². The molecule has 0 aliphatic carbocycles. The van der Waals surface area contributed by atoms with Gasteiger partial charge in [0.05, 0.1) is 23.3 Å². The average Bonchev–Trinajstić information content (AvgIpc) is 3.34. The number of pyridine rings is 2. The highest BCUT2D eigenvalue weighted by molar-refractivity contribution is 6.16. The van der Waals surface area contributed by atoms with Crippen molar-refractivity contribution in [2.45, 2.75) is 6.54 Å². The molecule has 0 unspecified atom stereocenters. The van der Waals surface area contributed by atoms with Crippen LogP contribution < -0.4 is 5.56 Å². The summed E-state index contributed by atoms with van der Waals surface area (Å²) in [4.78, 5) is 28.4. The Bertz CT molecular complexity index is 1440. The van der Waals surface area contributed by atoms with Crippen LogP contribution in [0.1, 0.15) is 21.6 Å². The van der Waals surface area contributed by atoms with Crippen molar-refractivity contribution in [2.75, 3.05) is 0 Å². The molecule has 4 heterocycles. The van der Waals surface area contributed by atoms with E-state index >= 15 is 0 Å². The van der Waals surface area contributed by atoms with Crippen LogP contribution in [0.2, 0.25) is 0 Å². The quantitative estimate of drug-likeness (QED) is 0.466. The van der Waals surface area contributed by atoms with Gasteiger partial charge in [0, 0.05) is 29.5 Å². The van der Waals surface area contributed by atoms with Crippen LogP contribution in [0, 0.1) is 11.6 Å². The molecule has 0 saturated carbocycles. The van der Waals surface area contributed by atoms with Crippen LogP contribution in [-0.4, -0.2) is 24.9 Å². The second-order valence-corrected chi connectivity index (χ2v) is 6.87. The maximum atomic E-state index is 14.0. The van der Waals surface area contributed by atoms with Gasteiger partial charge in [-0.15, -0.1) is 0 Å². The molecular formula is C22H14F2N4O2. The number of hydrogen-bond donors (Lipinski definition) is 1. The summed E-state index contributed by atoms with van der Waals surface area (Å²) in [6, 6.07) is 12.4. The van der Waals surface area contributed by atoms with Gasteiger partial charge in [-0.25, -0.2) is 13.3 Å². The van der Waals surface area contributed by atoms with Crippen LogP contribution in [0.15, 0.2) is 71.9 Å². The predicted molar refractivity (Wildman–Crippen MR) is 107 cm³/mol. The van der Waals surface area contributed by atoms with E-state index in [1.54, 1.807) is 10.6 Å². The Labute approximate surface area is 168 Å². The lowest BCUT2D eigenvalue weighted by molar-refractivity contribution is 0.103. The lowest BCUT2D eigenvalue weighted by atomic mass is 10.0. The molecule has 0 saturated heterocycles. The highest BCUT2D eigenvalue weighted by Crippen LogP contribution is 2.22. The lowest BCUT2D eigenvalue weighted by Crippen LogP contribution is -2.20. The molecule has 8 heteroatoms. The number of aromatic nitrogens is 4. The molecule has 0 amide bonds. The van der Waals surface area contributed by atoms with Crippen molar-refractivity contribution in [3.8, 4) is 0 Å². The minimum Gasteiger partial charge on any atom is -0.356 e. The largest absolute Gasteiger partial charge is 0.356 e. The molecule has 1 aromatic carbocycles. The van der Waals surface area contributed by atoms with Gasteiger partial charge in [0.15, 0.2) is 0 Å². The van der Waals surface area contributed by atoms with E-state index in [1.165, 1.54) is 23.0 Å².